The number of benzene rings is 3. The van der Waals surface area contributed by atoms with Gasteiger partial charge in [-0.15, -0.1) is 10.2 Å². The van der Waals surface area contributed by atoms with Crippen molar-refractivity contribution in [2.45, 2.75) is 12.5 Å². The molecule has 3 amide bonds. The molecule has 10 heteroatoms. The first kappa shape index (κ1) is 24.7. The maximum Gasteiger partial charge on any atom is 0.320 e. The molecule has 0 fully saturated rings. The van der Waals surface area contributed by atoms with Crippen LogP contribution >= 0.6 is 11.3 Å². The van der Waals surface area contributed by atoms with E-state index >= 15 is 0 Å². The quantitative estimate of drug-likeness (QED) is 0.308. The summed E-state index contributed by atoms with van der Waals surface area (Å²) in [6, 6.07) is 22.6. The van der Waals surface area contributed by atoms with Gasteiger partial charge in [0.15, 0.2) is 0 Å². The van der Waals surface area contributed by atoms with Gasteiger partial charge in [0.25, 0.3) is 0 Å². The lowest BCUT2D eigenvalue weighted by molar-refractivity contribution is -0.117. The molecule has 0 radical (unpaired) electrons. The lowest BCUT2D eigenvalue weighted by Gasteiger charge is -2.19. The van der Waals surface area contributed by atoms with Crippen LogP contribution in [0.25, 0.3) is 10.6 Å². The van der Waals surface area contributed by atoms with Gasteiger partial charge in [-0.25, -0.2) is 4.79 Å². The number of ether oxygens (including phenoxy) is 2. The molecule has 9 nitrogen and oxygen atoms in total. The number of methoxy groups -OCH3 is 2. The monoisotopic (exact) mass is 503 g/mol. The normalized spacial score (nSPS) is 11.3. The van der Waals surface area contributed by atoms with E-state index in [4.69, 9.17) is 9.47 Å². The third-order valence-corrected chi connectivity index (χ3v) is 6.12. The van der Waals surface area contributed by atoms with E-state index in [-0.39, 0.29) is 6.42 Å². The minimum Gasteiger partial charge on any atom is -0.497 e. The molecule has 1 heterocycles. The van der Waals surface area contributed by atoms with Gasteiger partial charge in [0.2, 0.25) is 11.0 Å². The molecule has 36 heavy (non-hydrogen) atoms. The van der Waals surface area contributed by atoms with Crippen molar-refractivity contribution in [3.05, 3.63) is 84.4 Å². The number of anilines is 2. The maximum absolute atomic E-state index is 13.2. The van der Waals surface area contributed by atoms with Crippen molar-refractivity contribution in [2.75, 3.05) is 24.9 Å². The van der Waals surface area contributed by atoms with Gasteiger partial charge in [0.05, 0.1) is 19.9 Å². The van der Waals surface area contributed by atoms with Crippen molar-refractivity contribution in [1.82, 2.24) is 15.5 Å². The summed E-state index contributed by atoms with van der Waals surface area (Å²) in [6.45, 7) is 0. The van der Waals surface area contributed by atoms with Crippen LogP contribution in [0.4, 0.5) is 15.6 Å². The van der Waals surface area contributed by atoms with E-state index in [9.17, 15) is 9.59 Å². The number of carbonyl (C=O) groups is 2. The molecular formula is C26H25N5O4S. The first-order valence-corrected chi connectivity index (χ1v) is 11.9. The lowest BCUT2D eigenvalue weighted by atomic mass is 10.1. The zero-order valence-electron chi connectivity index (χ0n) is 19.7. The van der Waals surface area contributed by atoms with E-state index in [2.05, 4.69) is 26.1 Å². The molecule has 0 aliphatic rings. The summed E-state index contributed by atoms with van der Waals surface area (Å²) in [4.78, 5) is 26.1. The number of nitrogens with one attached hydrogen (secondary N) is 3. The molecule has 3 N–H and O–H groups in total. The molecule has 0 saturated carbocycles. The van der Waals surface area contributed by atoms with E-state index in [1.165, 1.54) is 18.4 Å². The third-order valence-electron chi connectivity index (χ3n) is 5.24. The Bertz CT molecular complexity index is 1310. The molecule has 3 aromatic carbocycles. The second-order valence-corrected chi connectivity index (χ2v) is 8.65. The molecule has 4 rings (SSSR count). The average Bonchev–Trinajstić information content (AvgIpc) is 3.38. The molecule has 0 spiro atoms. The SMILES string of the molecule is COc1ccc(NC(=O)N[C@H](Cc2ccccc2)C(=O)Nc2nnc(-c3ccccc3)s2)c(OC)c1. The van der Waals surface area contributed by atoms with E-state index in [1.807, 2.05) is 60.7 Å². The second kappa shape index (κ2) is 11.8. The van der Waals surface area contributed by atoms with Gasteiger partial charge in [-0.3, -0.25) is 10.1 Å². The van der Waals surface area contributed by atoms with E-state index in [0.29, 0.717) is 27.3 Å². The van der Waals surface area contributed by atoms with Crippen LogP contribution in [0.5, 0.6) is 11.5 Å². The van der Waals surface area contributed by atoms with Crippen LogP contribution in [0.15, 0.2) is 78.9 Å². The summed E-state index contributed by atoms with van der Waals surface area (Å²) in [5.74, 6) is 0.605. The molecule has 1 atom stereocenters. The van der Waals surface area contributed by atoms with E-state index < -0.39 is 18.0 Å². The summed E-state index contributed by atoms with van der Waals surface area (Å²) in [6.07, 6.45) is 0.282. The zero-order chi connectivity index (χ0) is 25.3. The van der Waals surface area contributed by atoms with Crippen LogP contribution in [0.2, 0.25) is 0 Å². The van der Waals surface area contributed by atoms with Gasteiger partial charge < -0.3 is 20.1 Å². The standard InChI is InChI=1S/C26H25N5O4S/c1-34-19-13-14-20(22(16-19)35-2)27-25(33)28-21(15-17-9-5-3-6-10-17)23(32)29-26-31-30-24(36-26)18-11-7-4-8-12-18/h3-14,16,21H,15H2,1-2H3,(H2,27,28,33)(H,29,31,32)/t21-/m1/s1. The van der Waals surface area contributed by atoms with Gasteiger partial charge >= 0.3 is 6.03 Å². The molecule has 0 aliphatic carbocycles. The Hall–Kier alpha value is -4.44. The Balaban J connectivity index is 1.48. The molecule has 184 valence electrons. The second-order valence-electron chi connectivity index (χ2n) is 7.67. The number of hydrogen-bond acceptors (Lipinski definition) is 7. The molecule has 1 aromatic heterocycles. The minimum atomic E-state index is -0.874. The number of aromatic nitrogens is 2. The van der Waals surface area contributed by atoms with Crippen molar-refractivity contribution < 1.29 is 19.1 Å². The summed E-state index contributed by atoms with van der Waals surface area (Å²) in [5.41, 5.74) is 2.23. The highest BCUT2D eigenvalue weighted by atomic mass is 32.1. The Labute approximate surface area is 212 Å². The highest BCUT2D eigenvalue weighted by Gasteiger charge is 2.23. The van der Waals surface area contributed by atoms with Gasteiger partial charge in [0.1, 0.15) is 22.5 Å². The number of hydrogen-bond donors (Lipinski definition) is 3. The fraction of sp³-hybridized carbons (Fsp3) is 0.154. The largest absolute Gasteiger partial charge is 0.497 e. The topological polar surface area (TPSA) is 114 Å². The molecule has 0 saturated heterocycles. The van der Waals surface area contributed by atoms with Crippen molar-refractivity contribution in [1.29, 1.82) is 0 Å². The first-order valence-electron chi connectivity index (χ1n) is 11.1. The van der Waals surface area contributed by atoms with E-state index in [0.717, 1.165) is 11.1 Å². The van der Waals surface area contributed by atoms with Gasteiger partial charge in [0, 0.05) is 18.1 Å². The van der Waals surface area contributed by atoms with Gasteiger partial charge in [-0.05, 0) is 17.7 Å². The molecule has 4 aromatic rings. The van der Waals surface area contributed by atoms with Crippen molar-refractivity contribution in [2.24, 2.45) is 0 Å². The van der Waals surface area contributed by atoms with Crippen molar-refractivity contribution >= 4 is 34.1 Å². The molecule has 0 bridgehead atoms. The van der Waals surface area contributed by atoms with Crippen LogP contribution in [0.3, 0.4) is 0 Å². The molecule has 0 aliphatic heterocycles. The predicted molar refractivity (Wildman–Crippen MR) is 140 cm³/mol. The Morgan fingerprint density at radius 2 is 1.61 bits per heavy atom. The van der Waals surface area contributed by atoms with E-state index in [1.54, 1.807) is 25.3 Å². The Morgan fingerprint density at radius 3 is 2.31 bits per heavy atom. The first-order chi connectivity index (χ1) is 17.6. The highest BCUT2D eigenvalue weighted by molar-refractivity contribution is 7.18. The smallest absolute Gasteiger partial charge is 0.320 e. The number of amides is 3. The number of nitrogens with zero attached hydrogens (tertiary/aromatic N) is 2. The predicted octanol–water partition coefficient (Wildman–Crippen LogP) is 4.59. The fourth-order valence-corrected chi connectivity index (χ4v) is 4.19. The van der Waals surface area contributed by atoms with Crippen molar-refractivity contribution in [3.8, 4) is 22.1 Å². The van der Waals surface area contributed by atoms with Crippen LogP contribution < -0.4 is 25.4 Å². The summed E-state index contributed by atoms with van der Waals surface area (Å²) >= 11 is 1.26. The molecular weight excluding hydrogens is 478 g/mol. The summed E-state index contributed by atoms with van der Waals surface area (Å²) in [7, 11) is 3.04. The van der Waals surface area contributed by atoms with Gasteiger partial charge in [-0.2, -0.15) is 0 Å². The Kier molecular flexibility index (Phi) is 8.09. The zero-order valence-corrected chi connectivity index (χ0v) is 20.5. The summed E-state index contributed by atoms with van der Waals surface area (Å²) in [5, 5.41) is 17.6. The van der Waals surface area contributed by atoms with Crippen LogP contribution in [0, 0.1) is 0 Å². The van der Waals surface area contributed by atoms with Crippen LogP contribution in [0.1, 0.15) is 5.56 Å². The maximum atomic E-state index is 13.2. The number of urea groups is 1. The van der Waals surface area contributed by atoms with Gasteiger partial charge in [-0.1, -0.05) is 72.0 Å². The number of rotatable bonds is 9. The minimum absolute atomic E-state index is 0.282. The number of carbonyl (C=O) groups excluding carboxylic acids is 2. The average molecular weight is 504 g/mol. The van der Waals surface area contributed by atoms with Crippen LogP contribution in [-0.4, -0.2) is 42.4 Å². The van der Waals surface area contributed by atoms with Crippen molar-refractivity contribution in [3.63, 3.8) is 0 Å². The summed E-state index contributed by atoms with van der Waals surface area (Å²) < 4.78 is 10.5. The fourth-order valence-electron chi connectivity index (χ4n) is 3.44. The lowest BCUT2D eigenvalue weighted by Crippen LogP contribution is -2.47. The highest BCUT2D eigenvalue weighted by Crippen LogP contribution is 2.29. The van der Waals surface area contributed by atoms with Crippen LogP contribution in [-0.2, 0) is 11.2 Å². The third kappa shape index (κ3) is 6.36. The Morgan fingerprint density at radius 1 is 0.889 bits per heavy atom. The molecule has 0 unspecified atom stereocenters.